The molecule has 4 fully saturated rings. The summed E-state index contributed by atoms with van der Waals surface area (Å²) in [6.45, 7) is 12.2. The van der Waals surface area contributed by atoms with Crippen molar-refractivity contribution in [2.75, 3.05) is 25.0 Å². The molecule has 8 rings (SSSR count). The number of aliphatic hydroxyl groups excluding tert-OH is 1. The van der Waals surface area contributed by atoms with Crippen LogP contribution in [0.2, 0.25) is 0 Å². The van der Waals surface area contributed by atoms with Gasteiger partial charge in [0.25, 0.3) is 5.56 Å². The van der Waals surface area contributed by atoms with E-state index >= 15 is 0 Å². The van der Waals surface area contributed by atoms with Crippen molar-refractivity contribution >= 4 is 22.5 Å². The van der Waals surface area contributed by atoms with E-state index in [1.165, 1.54) is 6.42 Å². The van der Waals surface area contributed by atoms with Gasteiger partial charge in [-0.1, -0.05) is 45.0 Å². The van der Waals surface area contributed by atoms with E-state index in [-0.39, 0.29) is 5.56 Å². The molecule has 41 heavy (non-hydrogen) atoms. The van der Waals surface area contributed by atoms with Crippen LogP contribution >= 0.6 is 0 Å². The molecule has 1 saturated heterocycles. The average Bonchev–Trinajstić information content (AvgIpc) is 3.29. The Bertz CT molecular complexity index is 1560. The summed E-state index contributed by atoms with van der Waals surface area (Å²) in [5.41, 5.74) is 3.89. The number of hydrogen-bond donors (Lipinski definition) is 3. The molecule has 3 saturated carbocycles. The number of fused-ring (bicyclic) bond motifs is 4. The standard InChI is InChI=1S/C33H42N6O2/c1-19-17-38(12-11-34-19)32(37-27-15-22-14-26(20(27)2)33(22,3)4)36-23-9-10-25-28(16-23)35-18-39(31(25)41)30-24-8-6-5-7-21(24)13-29(30)40/h5-10,16,18-20,22,26-27,29-30,34,40H,11-15,17H2,1-4H3,(H,36,37)/t19-,20-,22-,26+,27-,29-,30?/m0/s1. The van der Waals surface area contributed by atoms with Crippen LogP contribution < -0.4 is 16.2 Å². The second kappa shape index (κ2) is 9.95. The predicted molar refractivity (Wildman–Crippen MR) is 163 cm³/mol. The zero-order valence-corrected chi connectivity index (χ0v) is 24.5. The average molecular weight is 555 g/mol. The third kappa shape index (κ3) is 4.47. The molecule has 8 heteroatoms. The van der Waals surface area contributed by atoms with E-state index in [1.54, 1.807) is 10.9 Å². The van der Waals surface area contributed by atoms with E-state index in [9.17, 15) is 9.90 Å². The zero-order chi connectivity index (χ0) is 28.5. The number of anilines is 1. The van der Waals surface area contributed by atoms with Crippen LogP contribution in [0.4, 0.5) is 5.69 Å². The van der Waals surface area contributed by atoms with Crippen molar-refractivity contribution in [3.8, 4) is 0 Å². The number of aliphatic imine (C=N–C) groups is 1. The Morgan fingerprint density at radius 3 is 2.78 bits per heavy atom. The highest BCUT2D eigenvalue weighted by Crippen LogP contribution is 2.61. The van der Waals surface area contributed by atoms with Crippen molar-refractivity contribution in [2.24, 2.45) is 28.2 Å². The van der Waals surface area contributed by atoms with Crippen molar-refractivity contribution in [3.63, 3.8) is 0 Å². The topological polar surface area (TPSA) is 94.8 Å². The molecule has 5 aliphatic rings. The fourth-order valence-corrected chi connectivity index (χ4v) is 8.20. The van der Waals surface area contributed by atoms with Crippen LogP contribution in [0.15, 0.2) is 58.6 Å². The first-order valence-corrected chi connectivity index (χ1v) is 15.3. The van der Waals surface area contributed by atoms with Gasteiger partial charge in [-0.25, -0.2) is 9.98 Å². The van der Waals surface area contributed by atoms with Gasteiger partial charge < -0.3 is 20.6 Å². The lowest BCUT2D eigenvalue weighted by atomic mass is 9.45. The minimum atomic E-state index is -0.649. The monoisotopic (exact) mass is 554 g/mol. The van der Waals surface area contributed by atoms with Crippen LogP contribution in [0, 0.1) is 23.2 Å². The summed E-state index contributed by atoms with van der Waals surface area (Å²) in [6, 6.07) is 14.0. The molecule has 8 nitrogen and oxygen atoms in total. The Morgan fingerprint density at radius 1 is 1.17 bits per heavy atom. The molecule has 7 atom stereocenters. The van der Waals surface area contributed by atoms with Crippen LogP contribution in [-0.4, -0.2) is 63.3 Å². The third-order valence-corrected chi connectivity index (χ3v) is 10.8. The lowest BCUT2D eigenvalue weighted by Gasteiger charge is -2.61. The quantitative estimate of drug-likeness (QED) is 0.334. The molecule has 2 aromatic carbocycles. The fraction of sp³-hybridized carbons (Fsp3) is 0.545. The Labute approximate surface area is 241 Å². The molecule has 3 aromatic rings. The molecular weight excluding hydrogens is 512 g/mol. The number of piperazine rings is 1. The summed E-state index contributed by atoms with van der Waals surface area (Å²) < 4.78 is 1.60. The first-order chi connectivity index (χ1) is 19.7. The van der Waals surface area contributed by atoms with E-state index < -0.39 is 12.1 Å². The molecule has 1 aliphatic heterocycles. The Kier molecular flexibility index (Phi) is 6.47. The SMILES string of the molecule is C[C@@H]1[C@@H](N=C(Nc2ccc3c(=O)n(C4c5ccccc5C[C@@H]4O)cnc3c2)N2CCN[C@@H](C)C2)C[C@@H]2C[C@H]1C2(C)C. The van der Waals surface area contributed by atoms with Crippen molar-refractivity contribution in [3.05, 3.63) is 70.3 Å². The van der Waals surface area contributed by atoms with Crippen LogP contribution in [0.3, 0.4) is 0 Å². The molecule has 1 aromatic heterocycles. The second-order valence-electron chi connectivity index (χ2n) is 13.5. The largest absolute Gasteiger partial charge is 0.390 e. The summed E-state index contributed by atoms with van der Waals surface area (Å²) in [6.07, 6.45) is 3.97. The van der Waals surface area contributed by atoms with E-state index in [0.29, 0.717) is 40.7 Å². The number of nitrogens with zero attached hydrogens (tertiary/aromatic N) is 4. The minimum absolute atomic E-state index is 0.134. The molecule has 3 N–H and O–H groups in total. The van der Waals surface area contributed by atoms with E-state index in [1.807, 2.05) is 42.5 Å². The number of nitrogens with one attached hydrogen (secondary N) is 2. The van der Waals surface area contributed by atoms with Gasteiger partial charge in [0.1, 0.15) is 0 Å². The Hall–Kier alpha value is -3.23. The number of rotatable bonds is 3. The first kappa shape index (κ1) is 26.7. The van der Waals surface area contributed by atoms with Crippen molar-refractivity contribution in [1.29, 1.82) is 0 Å². The molecule has 1 unspecified atom stereocenters. The lowest BCUT2D eigenvalue weighted by Crippen LogP contribution is -2.57. The molecule has 0 spiro atoms. The number of aliphatic hydroxyl groups is 1. The number of aromatic nitrogens is 2. The summed E-state index contributed by atoms with van der Waals surface area (Å²) in [4.78, 5) is 26.1. The van der Waals surface area contributed by atoms with Gasteiger partial charge in [-0.2, -0.15) is 0 Å². The molecule has 2 heterocycles. The zero-order valence-electron chi connectivity index (χ0n) is 24.5. The van der Waals surface area contributed by atoms with Gasteiger partial charge in [-0.05, 0) is 72.3 Å². The normalized spacial score (nSPS) is 32.5. The summed E-state index contributed by atoms with van der Waals surface area (Å²) in [7, 11) is 0. The summed E-state index contributed by atoms with van der Waals surface area (Å²) >= 11 is 0. The van der Waals surface area contributed by atoms with Crippen LogP contribution in [0.5, 0.6) is 0 Å². The van der Waals surface area contributed by atoms with Crippen LogP contribution in [0.1, 0.15) is 57.7 Å². The molecule has 4 aliphatic carbocycles. The molecule has 2 bridgehead atoms. The highest BCUT2D eigenvalue weighted by molar-refractivity contribution is 5.96. The highest BCUT2D eigenvalue weighted by atomic mass is 16.3. The van der Waals surface area contributed by atoms with E-state index in [2.05, 4.69) is 43.2 Å². The number of benzene rings is 2. The Morgan fingerprint density at radius 2 is 2.00 bits per heavy atom. The van der Waals surface area contributed by atoms with Gasteiger partial charge >= 0.3 is 0 Å². The van der Waals surface area contributed by atoms with Crippen LogP contribution in [0.25, 0.3) is 10.9 Å². The number of guanidine groups is 1. The molecular formula is C33H42N6O2. The van der Waals surface area contributed by atoms with Crippen molar-refractivity contribution in [2.45, 2.75) is 71.2 Å². The van der Waals surface area contributed by atoms with Gasteiger partial charge in [0.05, 0.1) is 35.4 Å². The van der Waals surface area contributed by atoms with Crippen molar-refractivity contribution in [1.82, 2.24) is 19.8 Å². The molecule has 0 radical (unpaired) electrons. The smallest absolute Gasteiger partial charge is 0.261 e. The number of hydrogen-bond acceptors (Lipinski definition) is 5. The van der Waals surface area contributed by atoms with Crippen LogP contribution in [-0.2, 0) is 6.42 Å². The second-order valence-corrected chi connectivity index (χ2v) is 13.5. The maximum absolute atomic E-state index is 13.6. The van der Waals surface area contributed by atoms with Gasteiger partial charge in [-0.3, -0.25) is 9.36 Å². The predicted octanol–water partition coefficient (Wildman–Crippen LogP) is 4.04. The van der Waals surface area contributed by atoms with Gasteiger partial charge in [0, 0.05) is 37.8 Å². The lowest BCUT2D eigenvalue weighted by molar-refractivity contribution is -0.108. The van der Waals surface area contributed by atoms with Crippen molar-refractivity contribution < 1.29 is 5.11 Å². The third-order valence-electron chi connectivity index (χ3n) is 10.8. The Balaban J connectivity index is 1.19. The van der Waals surface area contributed by atoms with E-state index in [4.69, 9.17) is 9.98 Å². The van der Waals surface area contributed by atoms with E-state index in [0.717, 1.165) is 60.7 Å². The molecule has 216 valence electrons. The van der Waals surface area contributed by atoms with Gasteiger partial charge in [-0.15, -0.1) is 0 Å². The molecule has 0 amide bonds. The summed E-state index contributed by atoms with van der Waals surface area (Å²) in [5.74, 6) is 2.96. The summed E-state index contributed by atoms with van der Waals surface area (Å²) in [5, 5.41) is 18.6. The fourth-order valence-electron chi connectivity index (χ4n) is 8.20. The van der Waals surface area contributed by atoms with Gasteiger partial charge in [0.2, 0.25) is 0 Å². The maximum Gasteiger partial charge on any atom is 0.261 e. The minimum Gasteiger partial charge on any atom is -0.390 e. The van der Waals surface area contributed by atoms with Gasteiger partial charge in [0.15, 0.2) is 5.96 Å². The maximum atomic E-state index is 13.6. The highest BCUT2D eigenvalue weighted by Gasteiger charge is 2.56. The first-order valence-electron chi connectivity index (χ1n) is 15.3.